The summed E-state index contributed by atoms with van der Waals surface area (Å²) in [5, 5.41) is 11.8. The summed E-state index contributed by atoms with van der Waals surface area (Å²) in [5.74, 6) is -1.34. The highest BCUT2D eigenvalue weighted by atomic mass is 16.4. The highest BCUT2D eigenvalue weighted by molar-refractivity contribution is 5.76. The number of benzene rings is 1. The third-order valence-corrected chi connectivity index (χ3v) is 2.05. The Kier molecular flexibility index (Phi) is 3.48. The maximum Gasteiger partial charge on any atom is 0.312 e. The predicted molar refractivity (Wildman–Crippen MR) is 55.2 cm³/mol. The number of likely N-dealkylation sites (N-methyl/N-ethyl adjacent to an activating group) is 1. The maximum atomic E-state index is 10.9. The molecule has 0 amide bonds. The molecule has 0 saturated carbocycles. The predicted octanol–water partition coefficient (Wildman–Crippen LogP) is 0.656. The highest BCUT2D eigenvalue weighted by Crippen LogP contribution is 2.16. The molecule has 0 radical (unpaired) electrons. The molecule has 4 N–H and O–H groups in total. The topological polar surface area (TPSA) is 75.3 Å². The number of carbonyl (C=O) groups is 1. The molecule has 1 aromatic rings. The van der Waals surface area contributed by atoms with Gasteiger partial charge in [0.1, 0.15) is 0 Å². The van der Waals surface area contributed by atoms with Crippen LogP contribution in [0.5, 0.6) is 0 Å². The largest absolute Gasteiger partial charge is 0.481 e. The maximum absolute atomic E-state index is 10.9. The summed E-state index contributed by atoms with van der Waals surface area (Å²) in [5.41, 5.74) is 6.92. The summed E-state index contributed by atoms with van der Waals surface area (Å²) in [6.45, 7) is 0.416. The first-order valence-electron chi connectivity index (χ1n) is 4.38. The number of carboxylic acid groups (broad SMARTS) is 1. The minimum absolute atomic E-state index is 0.416. The molecule has 76 valence electrons. The number of nitrogen functional groups attached to an aromatic ring is 1. The second kappa shape index (κ2) is 4.62. The molecule has 0 spiro atoms. The highest BCUT2D eigenvalue weighted by Gasteiger charge is 2.18. The number of nitrogens with two attached hydrogens (primary N) is 1. The number of hydrogen-bond acceptors (Lipinski definition) is 3. The van der Waals surface area contributed by atoms with Crippen molar-refractivity contribution in [3.63, 3.8) is 0 Å². The summed E-state index contributed by atoms with van der Waals surface area (Å²) < 4.78 is 0. The zero-order valence-electron chi connectivity index (χ0n) is 8.03. The lowest BCUT2D eigenvalue weighted by Gasteiger charge is -2.11. The van der Waals surface area contributed by atoms with E-state index in [1.165, 1.54) is 0 Å². The Balaban J connectivity index is 2.87. The molecule has 0 aliphatic rings. The van der Waals surface area contributed by atoms with E-state index in [1.54, 1.807) is 31.3 Å². The molecule has 0 fully saturated rings. The lowest BCUT2D eigenvalue weighted by atomic mass is 9.99. The second-order valence-electron chi connectivity index (χ2n) is 3.12. The average Bonchev–Trinajstić information content (AvgIpc) is 2.15. The third kappa shape index (κ3) is 2.47. The fourth-order valence-corrected chi connectivity index (χ4v) is 1.28. The number of hydrogen-bond donors (Lipinski definition) is 3. The van der Waals surface area contributed by atoms with Gasteiger partial charge in [-0.05, 0) is 24.7 Å². The smallest absolute Gasteiger partial charge is 0.312 e. The Hall–Kier alpha value is -1.55. The van der Waals surface area contributed by atoms with Crippen LogP contribution in [0.25, 0.3) is 0 Å². The molecule has 4 nitrogen and oxygen atoms in total. The van der Waals surface area contributed by atoms with Gasteiger partial charge in [-0.15, -0.1) is 0 Å². The Morgan fingerprint density at radius 3 is 2.50 bits per heavy atom. The molecule has 1 unspecified atom stereocenters. The first-order chi connectivity index (χ1) is 6.65. The molecule has 0 aliphatic heterocycles. The van der Waals surface area contributed by atoms with Crippen LogP contribution in [0.2, 0.25) is 0 Å². The van der Waals surface area contributed by atoms with E-state index >= 15 is 0 Å². The van der Waals surface area contributed by atoms with E-state index in [1.807, 2.05) is 0 Å². The molecule has 14 heavy (non-hydrogen) atoms. The van der Waals surface area contributed by atoms with Crippen molar-refractivity contribution >= 4 is 11.7 Å². The Morgan fingerprint density at radius 2 is 2.07 bits per heavy atom. The SMILES string of the molecule is CNCC(C(=O)O)c1ccc(N)cc1. The van der Waals surface area contributed by atoms with E-state index in [2.05, 4.69) is 5.32 Å². The van der Waals surface area contributed by atoms with E-state index in [0.29, 0.717) is 12.2 Å². The van der Waals surface area contributed by atoms with Crippen molar-refractivity contribution < 1.29 is 9.90 Å². The van der Waals surface area contributed by atoms with Gasteiger partial charge in [-0.1, -0.05) is 12.1 Å². The zero-order valence-corrected chi connectivity index (χ0v) is 8.03. The van der Waals surface area contributed by atoms with Crippen LogP contribution in [-0.2, 0) is 4.79 Å². The van der Waals surface area contributed by atoms with Gasteiger partial charge >= 0.3 is 5.97 Å². The molecule has 0 saturated heterocycles. The van der Waals surface area contributed by atoms with Crippen LogP contribution >= 0.6 is 0 Å². The molecular weight excluding hydrogens is 180 g/mol. The van der Waals surface area contributed by atoms with Gasteiger partial charge in [0, 0.05) is 12.2 Å². The summed E-state index contributed by atoms with van der Waals surface area (Å²) in [4.78, 5) is 10.9. The molecule has 0 aromatic heterocycles. The quantitative estimate of drug-likeness (QED) is 0.615. The van der Waals surface area contributed by atoms with Gasteiger partial charge in [0.25, 0.3) is 0 Å². The van der Waals surface area contributed by atoms with Crippen LogP contribution in [0.4, 0.5) is 5.69 Å². The first-order valence-corrected chi connectivity index (χ1v) is 4.38. The van der Waals surface area contributed by atoms with Gasteiger partial charge in [-0.3, -0.25) is 4.79 Å². The monoisotopic (exact) mass is 194 g/mol. The van der Waals surface area contributed by atoms with Gasteiger partial charge in [-0.2, -0.15) is 0 Å². The van der Waals surface area contributed by atoms with Crippen LogP contribution < -0.4 is 11.1 Å². The van der Waals surface area contributed by atoms with E-state index in [0.717, 1.165) is 5.56 Å². The van der Waals surface area contributed by atoms with Crippen LogP contribution in [0.1, 0.15) is 11.5 Å². The average molecular weight is 194 g/mol. The summed E-state index contributed by atoms with van der Waals surface area (Å²) in [6, 6.07) is 6.90. The Bertz CT molecular complexity index is 308. The first kappa shape index (κ1) is 10.5. The van der Waals surface area contributed by atoms with E-state index in [-0.39, 0.29) is 0 Å². The number of rotatable bonds is 4. The van der Waals surface area contributed by atoms with Crippen molar-refractivity contribution in [3.8, 4) is 0 Å². The van der Waals surface area contributed by atoms with E-state index < -0.39 is 11.9 Å². The minimum atomic E-state index is -0.830. The fourth-order valence-electron chi connectivity index (χ4n) is 1.28. The van der Waals surface area contributed by atoms with Crippen molar-refractivity contribution in [1.82, 2.24) is 5.32 Å². The number of anilines is 1. The third-order valence-electron chi connectivity index (χ3n) is 2.05. The standard InChI is InChI=1S/C10H14N2O2/c1-12-6-9(10(13)14)7-2-4-8(11)5-3-7/h2-5,9,12H,6,11H2,1H3,(H,13,14). The molecule has 1 aromatic carbocycles. The summed E-state index contributed by atoms with van der Waals surface area (Å²) >= 11 is 0. The Labute approximate surface area is 82.7 Å². The van der Waals surface area contributed by atoms with Crippen molar-refractivity contribution in [2.24, 2.45) is 0 Å². The number of carboxylic acids is 1. The van der Waals surface area contributed by atoms with Crippen LogP contribution in [-0.4, -0.2) is 24.7 Å². The van der Waals surface area contributed by atoms with Gasteiger partial charge in [0.15, 0.2) is 0 Å². The second-order valence-corrected chi connectivity index (χ2v) is 3.12. The van der Waals surface area contributed by atoms with Gasteiger partial charge in [0.2, 0.25) is 0 Å². The van der Waals surface area contributed by atoms with Crippen LogP contribution in [0.3, 0.4) is 0 Å². The fraction of sp³-hybridized carbons (Fsp3) is 0.300. The lowest BCUT2D eigenvalue weighted by Crippen LogP contribution is -2.23. The van der Waals surface area contributed by atoms with Crippen molar-refractivity contribution in [3.05, 3.63) is 29.8 Å². The summed E-state index contributed by atoms with van der Waals surface area (Å²) in [7, 11) is 1.73. The molecule has 0 aliphatic carbocycles. The van der Waals surface area contributed by atoms with Gasteiger partial charge in [-0.25, -0.2) is 0 Å². The van der Waals surface area contributed by atoms with E-state index in [4.69, 9.17) is 10.8 Å². The van der Waals surface area contributed by atoms with Crippen molar-refractivity contribution in [2.75, 3.05) is 19.3 Å². The normalized spacial score (nSPS) is 12.4. The van der Waals surface area contributed by atoms with Crippen molar-refractivity contribution in [2.45, 2.75) is 5.92 Å². The molecule has 4 heteroatoms. The molecule has 0 heterocycles. The lowest BCUT2D eigenvalue weighted by molar-refractivity contribution is -0.138. The molecular formula is C10H14N2O2. The van der Waals surface area contributed by atoms with Crippen LogP contribution in [0, 0.1) is 0 Å². The molecule has 1 atom stereocenters. The van der Waals surface area contributed by atoms with Crippen molar-refractivity contribution in [1.29, 1.82) is 0 Å². The molecule has 0 bridgehead atoms. The van der Waals surface area contributed by atoms with E-state index in [9.17, 15) is 4.79 Å². The number of nitrogens with one attached hydrogen (secondary N) is 1. The minimum Gasteiger partial charge on any atom is -0.481 e. The summed E-state index contributed by atoms with van der Waals surface area (Å²) in [6.07, 6.45) is 0. The Morgan fingerprint density at radius 1 is 1.50 bits per heavy atom. The van der Waals surface area contributed by atoms with Crippen LogP contribution in [0.15, 0.2) is 24.3 Å². The van der Waals surface area contributed by atoms with Gasteiger partial charge < -0.3 is 16.2 Å². The van der Waals surface area contributed by atoms with Gasteiger partial charge in [0.05, 0.1) is 5.92 Å². The number of aliphatic carboxylic acids is 1. The zero-order chi connectivity index (χ0) is 10.6. The molecule has 1 rings (SSSR count).